The Hall–Kier alpha value is -3.71. The fraction of sp³-hybridized carbons (Fsp3) is 0.286. The minimum Gasteiger partial charge on any atom is -0.493 e. The number of halogens is 1. The monoisotopic (exact) mass is 475 g/mol. The van der Waals surface area contributed by atoms with Crippen molar-refractivity contribution < 1.29 is 19.0 Å². The number of fused-ring (bicyclic) bond motifs is 1. The summed E-state index contributed by atoms with van der Waals surface area (Å²) < 4.78 is 21.5. The number of aliphatic hydroxyl groups excluding tert-OH is 1. The number of hydrogen-bond acceptors (Lipinski definition) is 4. The van der Waals surface area contributed by atoms with Gasteiger partial charge in [-0.3, -0.25) is 4.79 Å². The predicted octanol–water partition coefficient (Wildman–Crippen LogP) is 4.81. The number of carbonyl (C=O) groups is 1. The molecule has 2 heterocycles. The van der Waals surface area contributed by atoms with Crippen molar-refractivity contribution in [3.8, 4) is 16.9 Å². The van der Waals surface area contributed by atoms with E-state index in [4.69, 9.17) is 4.74 Å². The van der Waals surface area contributed by atoms with E-state index in [0.717, 1.165) is 28.5 Å². The summed E-state index contributed by atoms with van der Waals surface area (Å²) in [5.41, 5.74) is 4.35. The molecule has 0 unspecified atom stereocenters. The van der Waals surface area contributed by atoms with Gasteiger partial charge in [0.15, 0.2) is 0 Å². The Bertz CT molecular complexity index is 1350. The van der Waals surface area contributed by atoms with E-state index in [-0.39, 0.29) is 12.5 Å². The molecule has 1 atom stereocenters. The number of para-hydroxylation sites is 1. The Morgan fingerprint density at radius 1 is 1.20 bits per heavy atom. The van der Waals surface area contributed by atoms with Crippen LogP contribution in [-0.4, -0.2) is 39.8 Å². The Morgan fingerprint density at radius 2 is 2.00 bits per heavy atom. The standard InChI is InChI=1S/C28H30FN3O3/c1-4-11-35-26-10-9-19(20-12-18(2)27(29)30-15-20)14-24(26)28(34)31-22(17-33)13-21-16-32(3)25-8-6-5-7-23(21)25/h5-10,12,14-16,22,33H,4,11,13,17H2,1-3H3,(H,31,34)/t22-/m1/s1. The smallest absolute Gasteiger partial charge is 0.255 e. The molecule has 2 aromatic carbocycles. The maximum atomic E-state index is 13.7. The summed E-state index contributed by atoms with van der Waals surface area (Å²) in [4.78, 5) is 17.2. The van der Waals surface area contributed by atoms with Crippen LogP contribution in [0.25, 0.3) is 22.0 Å². The lowest BCUT2D eigenvalue weighted by Gasteiger charge is -2.18. The van der Waals surface area contributed by atoms with Gasteiger partial charge in [0, 0.05) is 41.5 Å². The van der Waals surface area contributed by atoms with Gasteiger partial charge in [0.2, 0.25) is 5.95 Å². The number of amides is 1. The average Bonchev–Trinajstić information content (AvgIpc) is 3.19. The van der Waals surface area contributed by atoms with Crippen LogP contribution in [0.15, 0.2) is 60.9 Å². The minimum atomic E-state index is -0.520. The first-order valence-corrected chi connectivity index (χ1v) is 11.7. The largest absolute Gasteiger partial charge is 0.493 e. The van der Waals surface area contributed by atoms with Gasteiger partial charge in [0.25, 0.3) is 5.91 Å². The number of carbonyl (C=O) groups excluding carboxylic acids is 1. The third-order valence-electron chi connectivity index (χ3n) is 6.03. The van der Waals surface area contributed by atoms with Crippen molar-refractivity contribution >= 4 is 16.8 Å². The van der Waals surface area contributed by atoms with E-state index < -0.39 is 12.0 Å². The molecule has 2 N–H and O–H groups in total. The van der Waals surface area contributed by atoms with Crippen molar-refractivity contribution in [1.82, 2.24) is 14.9 Å². The molecule has 1 amide bonds. The summed E-state index contributed by atoms with van der Waals surface area (Å²) in [7, 11) is 1.98. The second-order valence-electron chi connectivity index (χ2n) is 8.73. The van der Waals surface area contributed by atoms with Crippen molar-refractivity contribution in [2.75, 3.05) is 13.2 Å². The molecule has 0 aliphatic carbocycles. The van der Waals surface area contributed by atoms with E-state index in [9.17, 15) is 14.3 Å². The average molecular weight is 476 g/mol. The number of aryl methyl sites for hydroxylation is 2. The third kappa shape index (κ3) is 5.35. The lowest BCUT2D eigenvalue weighted by Crippen LogP contribution is -2.39. The Balaban J connectivity index is 1.61. The Morgan fingerprint density at radius 3 is 2.74 bits per heavy atom. The fourth-order valence-corrected chi connectivity index (χ4v) is 4.22. The van der Waals surface area contributed by atoms with Gasteiger partial charge in [-0.1, -0.05) is 31.2 Å². The first kappa shape index (κ1) is 24.4. The highest BCUT2D eigenvalue weighted by molar-refractivity contribution is 5.98. The molecule has 0 bridgehead atoms. The maximum Gasteiger partial charge on any atom is 0.255 e. The summed E-state index contributed by atoms with van der Waals surface area (Å²) in [6.45, 7) is 3.90. The van der Waals surface area contributed by atoms with Crippen LogP contribution >= 0.6 is 0 Å². The lowest BCUT2D eigenvalue weighted by molar-refractivity contribution is 0.0912. The van der Waals surface area contributed by atoms with E-state index in [2.05, 4.69) is 10.3 Å². The molecule has 0 aliphatic rings. The molecule has 0 spiro atoms. The summed E-state index contributed by atoms with van der Waals surface area (Å²) in [6, 6.07) is 14.6. The van der Waals surface area contributed by atoms with Gasteiger partial charge >= 0.3 is 0 Å². The van der Waals surface area contributed by atoms with Crippen LogP contribution in [0.2, 0.25) is 0 Å². The number of rotatable bonds is 9. The van der Waals surface area contributed by atoms with Gasteiger partial charge in [-0.25, -0.2) is 4.98 Å². The number of benzene rings is 2. The quantitative estimate of drug-likeness (QED) is 0.341. The molecule has 6 nitrogen and oxygen atoms in total. The van der Waals surface area contributed by atoms with Crippen LogP contribution in [0.1, 0.15) is 34.8 Å². The van der Waals surface area contributed by atoms with E-state index >= 15 is 0 Å². The molecular weight excluding hydrogens is 445 g/mol. The summed E-state index contributed by atoms with van der Waals surface area (Å²) in [5.74, 6) is -0.403. The number of nitrogens with zero attached hydrogens (tertiary/aromatic N) is 2. The maximum absolute atomic E-state index is 13.7. The molecule has 4 aromatic rings. The second-order valence-corrected chi connectivity index (χ2v) is 8.73. The zero-order valence-electron chi connectivity index (χ0n) is 20.2. The second kappa shape index (κ2) is 10.7. The van der Waals surface area contributed by atoms with Gasteiger partial charge in [-0.15, -0.1) is 0 Å². The van der Waals surface area contributed by atoms with Gasteiger partial charge in [-0.2, -0.15) is 4.39 Å². The van der Waals surface area contributed by atoms with Crippen molar-refractivity contribution in [1.29, 1.82) is 0 Å². The molecule has 7 heteroatoms. The molecule has 0 aliphatic heterocycles. The van der Waals surface area contributed by atoms with Crippen molar-refractivity contribution in [3.63, 3.8) is 0 Å². The van der Waals surface area contributed by atoms with Crippen LogP contribution in [-0.2, 0) is 13.5 Å². The molecule has 35 heavy (non-hydrogen) atoms. The van der Waals surface area contributed by atoms with Gasteiger partial charge in [0.1, 0.15) is 5.75 Å². The lowest BCUT2D eigenvalue weighted by atomic mass is 10.0. The van der Waals surface area contributed by atoms with Gasteiger partial charge < -0.3 is 19.7 Å². The molecule has 2 aromatic heterocycles. The fourth-order valence-electron chi connectivity index (χ4n) is 4.22. The van der Waals surface area contributed by atoms with Crippen LogP contribution in [0.3, 0.4) is 0 Å². The predicted molar refractivity (Wildman–Crippen MR) is 135 cm³/mol. The number of nitrogens with one attached hydrogen (secondary N) is 1. The highest BCUT2D eigenvalue weighted by Crippen LogP contribution is 2.28. The van der Waals surface area contributed by atoms with Crippen molar-refractivity contribution in [2.45, 2.75) is 32.7 Å². The molecule has 182 valence electrons. The van der Waals surface area contributed by atoms with Crippen LogP contribution < -0.4 is 10.1 Å². The molecule has 0 fully saturated rings. The molecule has 0 radical (unpaired) electrons. The zero-order chi connectivity index (χ0) is 24.9. The van der Waals surface area contributed by atoms with Crippen molar-refractivity contribution in [3.05, 3.63) is 83.6 Å². The number of aromatic nitrogens is 2. The van der Waals surface area contributed by atoms with Crippen LogP contribution in [0.5, 0.6) is 5.75 Å². The summed E-state index contributed by atoms with van der Waals surface area (Å²) >= 11 is 0. The van der Waals surface area contributed by atoms with Crippen LogP contribution in [0.4, 0.5) is 4.39 Å². The number of hydrogen-bond donors (Lipinski definition) is 2. The third-order valence-corrected chi connectivity index (χ3v) is 6.03. The first-order valence-electron chi connectivity index (χ1n) is 11.7. The molecular formula is C28H30FN3O3. The molecule has 0 saturated heterocycles. The number of ether oxygens (including phenoxy) is 1. The highest BCUT2D eigenvalue weighted by atomic mass is 19.1. The molecule has 4 rings (SSSR count). The van der Waals surface area contributed by atoms with Gasteiger partial charge in [0.05, 0.1) is 24.8 Å². The zero-order valence-corrected chi connectivity index (χ0v) is 20.2. The summed E-state index contributed by atoms with van der Waals surface area (Å²) in [5, 5.41) is 14.1. The normalized spacial score (nSPS) is 12.0. The Labute approximate surface area is 204 Å². The van der Waals surface area contributed by atoms with E-state index in [0.29, 0.717) is 35.5 Å². The van der Waals surface area contributed by atoms with Crippen LogP contribution in [0, 0.1) is 12.9 Å². The topological polar surface area (TPSA) is 76.4 Å². The first-order chi connectivity index (χ1) is 16.9. The number of pyridine rings is 1. The summed E-state index contributed by atoms with van der Waals surface area (Å²) in [6.07, 6.45) is 4.75. The Kier molecular flexibility index (Phi) is 7.46. The molecule has 0 saturated carbocycles. The van der Waals surface area contributed by atoms with Crippen molar-refractivity contribution in [2.24, 2.45) is 7.05 Å². The highest BCUT2D eigenvalue weighted by Gasteiger charge is 2.20. The van der Waals surface area contributed by atoms with E-state index in [1.807, 2.05) is 55.1 Å². The van der Waals surface area contributed by atoms with Gasteiger partial charge in [-0.05, 0) is 55.2 Å². The van der Waals surface area contributed by atoms with E-state index in [1.165, 1.54) is 6.20 Å². The SMILES string of the molecule is CCCOc1ccc(-c2cnc(F)c(C)c2)cc1C(=O)N[C@@H](CO)Cc1cn(C)c2ccccc12. The number of aliphatic hydroxyl groups is 1. The van der Waals surface area contributed by atoms with E-state index in [1.54, 1.807) is 25.1 Å². The minimum absolute atomic E-state index is 0.207.